The largest absolute Gasteiger partial charge is 0.417 e. The summed E-state index contributed by atoms with van der Waals surface area (Å²) in [4.78, 5) is 26.9. The number of carbonyl (C=O) groups excluding carboxylic acids is 1. The first-order valence-electron chi connectivity index (χ1n) is 11.8. The monoisotopic (exact) mass is 511 g/mol. The molecule has 0 aliphatic heterocycles. The molecule has 0 radical (unpaired) electrons. The molecule has 0 aliphatic carbocycles. The van der Waals surface area contributed by atoms with E-state index in [-0.39, 0.29) is 22.5 Å². The van der Waals surface area contributed by atoms with Crippen molar-refractivity contribution in [1.82, 2.24) is 19.9 Å². The molecular formula is C27H28F3N5O2. The number of rotatable bonds is 9. The van der Waals surface area contributed by atoms with E-state index >= 15 is 0 Å². The highest BCUT2D eigenvalue weighted by Gasteiger charge is 2.34. The zero-order chi connectivity index (χ0) is 26.6. The Balaban J connectivity index is 1.56. The minimum atomic E-state index is -4.55. The predicted octanol–water partition coefficient (Wildman–Crippen LogP) is 5.67. The number of amides is 1. The summed E-state index contributed by atoms with van der Waals surface area (Å²) in [6.07, 6.45) is -2.84. The number of halogens is 3. The van der Waals surface area contributed by atoms with Crippen LogP contribution in [0.1, 0.15) is 34.0 Å². The van der Waals surface area contributed by atoms with E-state index in [0.717, 1.165) is 24.7 Å². The molecule has 0 unspecified atom stereocenters. The lowest BCUT2D eigenvalue weighted by atomic mass is 10.0. The van der Waals surface area contributed by atoms with Crippen molar-refractivity contribution in [2.45, 2.75) is 26.6 Å². The Hall–Kier alpha value is -3.76. The zero-order valence-corrected chi connectivity index (χ0v) is 20.8. The van der Waals surface area contributed by atoms with Gasteiger partial charge in [-0.25, -0.2) is 9.97 Å². The molecule has 0 spiro atoms. The second-order valence-corrected chi connectivity index (χ2v) is 8.70. The normalized spacial score (nSPS) is 11.9. The maximum absolute atomic E-state index is 13.7. The number of hydrogen-bond acceptors (Lipinski definition) is 5. The van der Waals surface area contributed by atoms with Gasteiger partial charge in [-0.2, -0.15) is 13.2 Å². The lowest BCUT2D eigenvalue weighted by Crippen LogP contribution is -2.26. The lowest BCUT2D eigenvalue weighted by Gasteiger charge is -2.19. The van der Waals surface area contributed by atoms with E-state index in [1.165, 1.54) is 6.07 Å². The molecule has 194 valence electrons. The molecule has 0 bridgehead atoms. The van der Waals surface area contributed by atoms with E-state index in [4.69, 9.17) is 4.74 Å². The quantitative estimate of drug-likeness (QED) is 0.302. The van der Waals surface area contributed by atoms with Gasteiger partial charge in [0.05, 0.1) is 23.3 Å². The molecule has 7 nitrogen and oxygen atoms in total. The Morgan fingerprint density at radius 3 is 2.65 bits per heavy atom. The van der Waals surface area contributed by atoms with E-state index in [1.54, 1.807) is 50.6 Å². The minimum absolute atomic E-state index is 0.0407. The highest BCUT2D eigenvalue weighted by Crippen LogP contribution is 2.37. The van der Waals surface area contributed by atoms with Crippen molar-refractivity contribution in [3.8, 4) is 11.4 Å². The van der Waals surface area contributed by atoms with Crippen molar-refractivity contribution < 1.29 is 22.7 Å². The van der Waals surface area contributed by atoms with Crippen LogP contribution in [0, 0.1) is 6.92 Å². The van der Waals surface area contributed by atoms with Gasteiger partial charge in [-0.1, -0.05) is 36.8 Å². The summed E-state index contributed by atoms with van der Waals surface area (Å²) in [5.41, 5.74) is 1.57. The summed E-state index contributed by atoms with van der Waals surface area (Å²) in [6, 6.07) is 12.6. The van der Waals surface area contributed by atoms with Gasteiger partial charge in [0, 0.05) is 32.0 Å². The van der Waals surface area contributed by atoms with Crippen LogP contribution < -0.4 is 5.32 Å². The number of para-hydroxylation sites is 1. The number of fused-ring (bicyclic) bond motifs is 1. The SMILES string of the molecule is CCN(CCOC)Cc1ccc(NC(=O)c2cccc3[nH]c(-c4ccc(C)cc4C(F)(F)F)nc23)nc1. The fourth-order valence-electron chi connectivity index (χ4n) is 4.05. The number of carbonyl (C=O) groups is 1. The third-order valence-corrected chi connectivity index (χ3v) is 6.02. The van der Waals surface area contributed by atoms with Gasteiger partial charge in [-0.15, -0.1) is 0 Å². The van der Waals surface area contributed by atoms with Crippen molar-refractivity contribution >= 4 is 22.8 Å². The third-order valence-electron chi connectivity index (χ3n) is 6.02. The van der Waals surface area contributed by atoms with Crippen LogP contribution in [0.3, 0.4) is 0 Å². The number of nitrogens with zero attached hydrogens (tertiary/aromatic N) is 3. The molecule has 2 aromatic carbocycles. The fraction of sp³-hybridized carbons (Fsp3) is 0.296. The lowest BCUT2D eigenvalue weighted by molar-refractivity contribution is -0.137. The van der Waals surface area contributed by atoms with Gasteiger partial charge in [0.1, 0.15) is 17.2 Å². The highest BCUT2D eigenvalue weighted by atomic mass is 19.4. The number of benzene rings is 2. The number of methoxy groups -OCH3 is 1. The number of H-pyrrole nitrogens is 1. The van der Waals surface area contributed by atoms with E-state index in [1.807, 2.05) is 6.07 Å². The van der Waals surface area contributed by atoms with Crippen molar-refractivity contribution in [2.24, 2.45) is 0 Å². The number of anilines is 1. The smallest absolute Gasteiger partial charge is 0.383 e. The maximum Gasteiger partial charge on any atom is 0.417 e. The summed E-state index contributed by atoms with van der Waals surface area (Å²) in [5.74, 6) is -0.0579. The number of aromatic nitrogens is 3. The molecule has 10 heteroatoms. The molecule has 0 saturated carbocycles. The van der Waals surface area contributed by atoms with Gasteiger partial charge in [0.15, 0.2) is 0 Å². The van der Waals surface area contributed by atoms with Crippen molar-refractivity contribution in [2.75, 3.05) is 32.1 Å². The number of hydrogen-bond donors (Lipinski definition) is 2. The molecule has 0 atom stereocenters. The first-order valence-corrected chi connectivity index (χ1v) is 11.8. The number of alkyl halides is 3. The molecule has 0 aliphatic rings. The predicted molar refractivity (Wildman–Crippen MR) is 136 cm³/mol. The first kappa shape index (κ1) is 26.3. The Labute approximate surface area is 212 Å². The summed E-state index contributed by atoms with van der Waals surface area (Å²) in [5, 5.41) is 2.75. The second kappa shape index (κ2) is 11.1. The number of aryl methyl sites for hydroxylation is 1. The topological polar surface area (TPSA) is 83.1 Å². The van der Waals surface area contributed by atoms with Crippen molar-refractivity contribution in [3.05, 3.63) is 77.0 Å². The number of aromatic amines is 1. The minimum Gasteiger partial charge on any atom is -0.383 e. The first-order chi connectivity index (χ1) is 17.7. The van der Waals surface area contributed by atoms with Crippen molar-refractivity contribution in [3.63, 3.8) is 0 Å². The van der Waals surface area contributed by atoms with Crippen molar-refractivity contribution in [1.29, 1.82) is 0 Å². The second-order valence-electron chi connectivity index (χ2n) is 8.70. The summed E-state index contributed by atoms with van der Waals surface area (Å²) in [6.45, 7) is 6.68. The van der Waals surface area contributed by atoms with Crippen LogP contribution in [-0.2, 0) is 17.5 Å². The van der Waals surface area contributed by atoms with Gasteiger partial charge >= 0.3 is 6.18 Å². The van der Waals surface area contributed by atoms with Gasteiger partial charge in [-0.05, 0) is 43.3 Å². The fourth-order valence-corrected chi connectivity index (χ4v) is 4.05. The Bertz CT molecular complexity index is 1380. The maximum atomic E-state index is 13.7. The molecule has 1 amide bonds. The molecule has 4 aromatic rings. The van der Waals surface area contributed by atoms with Crippen LogP contribution in [0.15, 0.2) is 54.7 Å². The van der Waals surface area contributed by atoms with Crippen LogP contribution in [0.25, 0.3) is 22.4 Å². The van der Waals surface area contributed by atoms with Gasteiger partial charge in [0.25, 0.3) is 5.91 Å². The average Bonchev–Trinajstić information content (AvgIpc) is 3.31. The highest BCUT2D eigenvalue weighted by molar-refractivity contribution is 6.11. The Kier molecular flexibility index (Phi) is 7.89. The molecule has 2 aromatic heterocycles. The van der Waals surface area contributed by atoms with Crippen LogP contribution in [-0.4, -0.2) is 52.6 Å². The number of pyridine rings is 1. The number of likely N-dealkylation sites (N-methyl/N-ethyl adjacent to an activating group) is 1. The zero-order valence-electron chi connectivity index (χ0n) is 20.8. The van der Waals surface area contributed by atoms with Crippen LogP contribution >= 0.6 is 0 Å². The Morgan fingerprint density at radius 1 is 1.16 bits per heavy atom. The molecule has 4 rings (SSSR count). The molecule has 0 fully saturated rings. The van der Waals surface area contributed by atoms with Crippen LogP contribution in [0.4, 0.5) is 19.0 Å². The van der Waals surface area contributed by atoms with E-state index in [9.17, 15) is 18.0 Å². The van der Waals surface area contributed by atoms with E-state index in [0.29, 0.717) is 30.0 Å². The number of ether oxygens (including phenoxy) is 1. The molecule has 2 heterocycles. The van der Waals surface area contributed by atoms with Gasteiger partial charge < -0.3 is 15.0 Å². The van der Waals surface area contributed by atoms with Gasteiger partial charge in [-0.3, -0.25) is 9.69 Å². The molecular weight excluding hydrogens is 483 g/mol. The summed E-state index contributed by atoms with van der Waals surface area (Å²) < 4.78 is 46.2. The van der Waals surface area contributed by atoms with E-state index in [2.05, 4.69) is 32.1 Å². The number of nitrogens with one attached hydrogen (secondary N) is 2. The molecule has 2 N–H and O–H groups in total. The van der Waals surface area contributed by atoms with Crippen LogP contribution in [0.5, 0.6) is 0 Å². The Morgan fingerprint density at radius 2 is 1.97 bits per heavy atom. The molecule has 37 heavy (non-hydrogen) atoms. The average molecular weight is 512 g/mol. The standard InChI is InChI=1S/C27H28F3N5O2/c1-4-35(12-13-37-3)16-18-9-11-23(31-15-18)33-26(36)20-6-5-7-22-24(20)34-25(32-22)19-10-8-17(2)14-21(19)27(28,29)30/h5-11,14-15H,4,12-13,16H2,1-3H3,(H,32,34)(H,31,33,36). The molecule has 0 saturated heterocycles. The summed E-state index contributed by atoms with van der Waals surface area (Å²) in [7, 11) is 1.67. The van der Waals surface area contributed by atoms with E-state index < -0.39 is 17.6 Å². The third kappa shape index (κ3) is 6.15. The van der Waals surface area contributed by atoms with Gasteiger partial charge in [0.2, 0.25) is 0 Å². The van der Waals surface area contributed by atoms with Crippen LogP contribution in [0.2, 0.25) is 0 Å². The number of imidazole rings is 1. The summed E-state index contributed by atoms with van der Waals surface area (Å²) >= 11 is 0.